The van der Waals surface area contributed by atoms with Crippen molar-refractivity contribution in [3.8, 4) is 0 Å². The summed E-state index contributed by atoms with van der Waals surface area (Å²) >= 11 is 0. The number of rotatable bonds is 7. The van der Waals surface area contributed by atoms with Crippen molar-refractivity contribution in [2.75, 3.05) is 19.6 Å². The molecule has 6 nitrogen and oxygen atoms in total. The van der Waals surface area contributed by atoms with Gasteiger partial charge in [-0.3, -0.25) is 14.4 Å². The molecule has 1 N–H and O–H groups in total. The molecule has 1 aliphatic rings. The van der Waals surface area contributed by atoms with Gasteiger partial charge >= 0.3 is 0 Å². The van der Waals surface area contributed by atoms with Crippen molar-refractivity contribution in [1.29, 1.82) is 0 Å². The molecule has 1 aromatic heterocycles. The SMILES string of the molecule is CC1CCN(C(CNC(=O)C(C)Cn2cncn2)c2ccccc2)CC1. The quantitative estimate of drug-likeness (QED) is 0.829. The van der Waals surface area contributed by atoms with Gasteiger partial charge in [-0.15, -0.1) is 0 Å². The number of hydrogen-bond acceptors (Lipinski definition) is 4. The van der Waals surface area contributed by atoms with Gasteiger partial charge in [0, 0.05) is 6.54 Å². The average molecular weight is 355 g/mol. The van der Waals surface area contributed by atoms with Crippen LogP contribution < -0.4 is 5.32 Å². The van der Waals surface area contributed by atoms with Crippen molar-refractivity contribution in [1.82, 2.24) is 25.0 Å². The maximum absolute atomic E-state index is 12.5. The second-order valence-electron chi connectivity index (χ2n) is 7.41. The third-order valence-electron chi connectivity index (χ3n) is 5.29. The zero-order valence-electron chi connectivity index (χ0n) is 15.7. The van der Waals surface area contributed by atoms with E-state index in [0.717, 1.165) is 19.0 Å². The van der Waals surface area contributed by atoms with E-state index in [9.17, 15) is 4.79 Å². The summed E-state index contributed by atoms with van der Waals surface area (Å²) in [4.78, 5) is 19.0. The van der Waals surface area contributed by atoms with Gasteiger partial charge in [0.15, 0.2) is 0 Å². The second kappa shape index (κ2) is 8.94. The highest BCUT2D eigenvalue weighted by atomic mass is 16.1. The Balaban J connectivity index is 1.61. The predicted molar refractivity (Wildman–Crippen MR) is 101 cm³/mol. The molecule has 26 heavy (non-hydrogen) atoms. The summed E-state index contributed by atoms with van der Waals surface area (Å²) in [5, 5.41) is 7.24. The van der Waals surface area contributed by atoms with E-state index in [-0.39, 0.29) is 17.9 Å². The fourth-order valence-electron chi connectivity index (χ4n) is 3.54. The van der Waals surface area contributed by atoms with Crippen molar-refractivity contribution in [2.45, 2.75) is 39.3 Å². The summed E-state index contributed by atoms with van der Waals surface area (Å²) in [6.45, 7) is 7.61. The number of benzene rings is 1. The van der Waals surface area contributed by atoms with Gasteiger partial charge in [-0.2, -0.15) is 5.10 Å². The lowest BCUT2D eigenvalue weighted by Crippen LogP contribution is -2.43. The molecule has 2 atom stereocenters. The molecule has 1 fully saturated rings. The standard InChI is InChI=1S/C20H29N5O/c1-16-8-10-24(11-9-16)19(18-6-4-3-5-7-18)12-22-20(26)17(2)13-25-15-21-14-23-25/h3-7,14-17,19H,8-13H2,1-2H3,(H,22,26). The zero-order valence-corrected chi connectivity index (χ0v) is 15.7. The Hall–Kier alpha value is -2.21. The second-order valence-corrected chi connectivity index (χ2v) is 7.41. The predicted octanol–water partition coefficient (Wildman–Crippen LogP) is 2.50. The molecule has 2 heterocycles. The Labute approximate surface area is 155 Å². The van der Waals surface area contributed by atoms with E-state index in [2.05, 4.69) is 51.5 Å². The number of carbonyl (C=O) groups is 1. The Bertz CT molecular complexity index is 665. The third-order valence-corrected chi connectivity index (χ3v) is 5.29. The van der Waals surface area contributed by atoms with Crippen LogP contribution in [0.3, 0.4) is 0 Å². The molecule has 0 bridgehead atoms. The van der Waals surface area contributed by atoms with Gasteiger partial charge in [0.25, 0.3) is 0 Å². The summed E-state index contributed by atoms with van der Waals surface area (Å²) < 4.78 is 1.70. The maximum atomic E-state index is 12.5. The van der Waals surface area contributed by atoms with Crippen LogP contribution in [0.25, 0.3) is 0 Å². The molecule has 2 unspecified atom stereocenters. The molecule has 0 spiro atoms. The number of likely N-dealkylation sites (tertiary alicyclic amines) is 1. The normalized spacial score (nSPS) is 18.4. The minimum absolute atomic E-state index is 0.0619. The first kappa shape index (κ1) is 18.6. The van der Waals surface area contributed by atoms with Crippen molar-refractivity contribution in [3.63, 3.8) is 0 Å². The van der Waals surface area contributed by atoms with E-state index >= 15 is 0 Å². The Morgan fingerprint density at radius 1 is 1.27 bits per heavy atom. The van der Waals surface area contributed by atoms with Crippen LogP contribution in [0.15, 0.2) is 43.0 Å². The van der Waals surface area contributed by atoms with Gasteiger partial charge < -0.3 is 5.32 Å². The largest absolute Gasteiger partial charge is 0.354 e. The third kappa shape index (κ3) is 4.91. The molecule has 1 aromatic carbocycles. The number of amides is 1. The van der Waals surface area contributed by atoms with Crippen LogP contribution in [0.5, 0.6) is 0 Å². The van der Waals surface area contributed by atoms with Gasteiger partial charge in [-0.25, -0.2) is 4.98 Å². The van der Waals surface area contributed by atoms with Crippen LogP contribution in [0.4, 0.5) is 0 Å². The molecule has 1 saturated heterocycles. The van der Waals surface area contributed by atoms with Crippen LogP contribution in [0.1, 0.15) is 38.3 Å². The molecule has 140 valence electrons. The van der Waals surface area contributed by atoms with Gasteiger partial charge in [-0.1, -0.05) is 44.2 Å². The van der Waals surface area contributed by atoms with Gasteiger partial charge in [0.2, 0.25) is 5.91 Å². The summed E-state index contributed by atoms with van der Waals surface area (Å²) in [6, 6.07) is 10.7. The van der Waals surface area contributed by atoms with E-state index in [1.54, 1.807) is 11.0 Å². The molecule has 6 heteroatoms. The highest BCUT2D eigenvalue weighted by Crippen LogP contribution is 2.26. The molecule has 2 aromatic rings. The first-order valence-electron chi connectivity index (χ1n) is 9.52. The van der Waals surface area contributed by atoms with Crippen LogP contribution in [0.2, 0.25) is 0 Å². The van der Waals surface area contributed by atoms with E-state index in [0.29, 0.717) is 13.1 Å². The molecule has 3 rings (SSSR count). The van der Waals surface area contributed by atoms with Gasteiger partial charge in [-0.05, 0) is 37.4 Å². The zero-order chi connectivity index (χ0) is 18.4. The summed E-state index contributed by atoms with van der Waals surface area (Å²) in [5.74, 6) is 0.710. The van der Waals surface area contributed by atoms with Crippen LogP contribution >= 0.6 is 0 Å². The number of aromatic nitrogens is 3. The monoisotopic (exact) mass is 355 g/mol. The molecule has 0 aliphatic carbocycles. The fourth-order valence-corrected chi connectivity index (χ4v) is 3.54. The summed E-state index contributed by atoms with van der Waals surface area (Å²) in [5.41, 5.74) is 1.27. The van der Waals surface area contributed by atoms with Crippen molar-refractivity contribution in [3.05, 3.63) is 48.5 Å². The molecule has 1 aliphatic heterocycles. The van der Waals surface area contributed by atoms with E-state index < -0.39 is 0 Å². The van der Waals surface area contributed by atoms with E-state index in [1.165, 1.54) is 24.7 Å². The molecule has 0 saturated carbocycles. The molecular formula is C20H29N5O. The Morgan fingerprint density at radius 3 is 2.65 bits per heavy atom. The van der Waals surface area contributed by atoms with Crippen molar-refractivity contribution >= 4 is 5.91 Å². The minimum atomic E-state index is -0.144. The van der Waals surface area contributed by atoms with Crippen LogP contribution in [0, 0.1) is 11.8 Å². The fraction of sp³-hybridized carbons (Fsp3) is 0.550. The topological polar surface area (TPSA) is 63.1 Å². The number of nitrogens with one attached hydrogen (secondary N) is 1. The van der Waals surface area contributed by atoms with E-state index in [4.69, 9.17) is 0 Å². The first-order chi connectivity index (χ1) is 12.6. The van der Waals surface area contributed by atoms with Gasteiger partial charge in [0.05, 0.1) is 18.5 Å². The molecular weight excluding hydrogens is 326 g/mol. The number of nitrogens with zero attached hydrogens (tertiary/aromatic N) is 4. The molecule has 0 radical (unpaired) electrons. The average Bonchev–Trinajstić information content (AvgIpc) is 3.17. The first-order valence-corrected chi connectivity index (χ1v) is 9.52. The van der Waals surface area contributed by atoms with E-state index in [1.807, 2.05) is 13.0 Å². The maximum Gasteiger partial charge on any atom is 0.224 e. The lowest BCUT2D eigenvalue weighted by Gasteiger charge is -2.37. The summed E-state index contributed by atoms with van der Waals surface area (Å²) in [6.07, 6.45) is 5.58. The van der Waals surface area contributed by atoms with Crippen LogP contribution in [-0.2, 0) is 11.3 Å². The summed E-state index contributed by atoms with van der Waals surface area (Å²) in [7, 11) is 0. The van der Waals surface area contributed by atoms with Crippen LogP contribution in [-0.4, -0.2) is 45.2 Å². The smallest absolute Gasteiger partial charge is 0.224 e. The lowest BCUT2D eigenvalue weighted by molar-refractivity contribution is -0.125. The lowest BCUT2D eigenvalue weighted by atomic mass is 9.95. The highest BCUT2D eigenvalue weighted by molar-refractivity contribution is 5.78. The number of hydrogen-bond donors (Lipinski definition) is 1. The molecule has 1 amide bonds. The Kier molecular flexibility index (Phi) is 6.39. The number of piperidine rings is 1. The van der Waals surface area contributed by atoms with Crippen molar-refractivity contribution < 1.29 is 4.79 Å². The Morgan fingerprint density at radius 2 is 2.00 bits per heavy atom. The number of carbonyl (C=O) groups excluding carboxylic acids is 1. The van der Waals surface area contributed by atoms with Gasteiger partial charge in [0.1, 0.15) is 12.7 Å². The highest BCUT2D eigenvalue weighted by Gasteiger charge is 2.25. The van der Waals surface area contributed by atoms with Crippen molar-refractivity contribution in [2.24, 2.45) is 11.8 Å². The minimum Gasteiger partial charge on any atom is -0.354 e.